The second kappa shape index (κ2) is 7.35. The maximum atomic E-state index is 12.7. The molecule has 3 aromatic rings. The van der Waals surface area contributed by atoms with E-state index in [-0.39, 0.29) is 17.3 Å². The van der Waals surface area contributed by atoms with Gasteiger partial charge in [-0.15, -0.1) is 0 Å². The van der Waals surface area contributed by atoms with Gasteiger partial charge < -0.3 is 10.3 Å². The Bertz CT molecular complexity index is 916. The van der Waals surface area contributed by atoms with Gasteiger partial charge in [0.2, 0.25) is 0 Å². The van der Waals surface area contributed by atoms with Gasteiger partial charge in [0.15, 0.2) is 0 Å². The summed E-state index contributed by atoms with van der Waals surface area (Å²) in [7, 11) is 0. The SMILES string of the molecule is CC(C)C[C@@H](NC(=O)c1ccccc1[N+](=O)[O-])c1nc2ccccc2[nH]1. The van der Waals surface area contributed by atoms with Gasteiger partial charge in [0, 0.05) is 6.07 Å². The fraction of sp³-hybridized carbons (Fsp3) is 0.263. The number of fused-ring (bicyclic) bond motifs is 1. The van der Waals surface area contributed by atoms with E-state index in [0.29, 0.717) is 18.2 Å². The third kappa shape index (κ3) is 3.72. The molecule has 3 rings (SSSR count). The Labute approximate surface area is 150 Å². The quantitative estimate of drug-likeness (QED) is 0.517. The minimum atomic E-state index is -0.548. The molecule has 1 atom stereocenters. The minimum Gasteiger partial charge on any atom is -0.342 e. The number of H-pyrrole nitrogens is 1. The summed E-state index contributed by atoms with van der Waals surface area (Å²) in [5.41, 5.74) is 1.53. The third-order valence-electron chi connectivity index (χ3n) is 4.10. The monoisotopic (exact) mass is 352 g/mol. The van der Waals surface area contributed by atoms with Crippen LogP contribution in [0.5, 0.6) is 0 Å². The lowest BCUT2D eigenvalue weighted by atomic mass is 10.0. The second-order valence-corrected chi connectivity index (χ2v) is 6.57. The lowest BCUT2D eigenvalue weighted by Gasteiger charge is -2.18. The summed E-state index contributed by atoms with van der Waals surface area (Å²) in [5, 5.41) is 14.1. The molecule has 1 aromatic heterocycles. The summed E-state index contributed by atoms with van der Waals surface area (Å²) in [5.74, 6) is 0.467. The maximum Gasteiger partial charge on any atom is 0.282 e. The van der Waals surface area contributed by atoms with Crippen molar-refractivity contribution in [3.05, 3.63) is 70.0 Å². The lowest BCUT2D eigenvalue weighted by molar-refractivity contribution is -0.385. The van der Waals surface area contributed by atoms with Crippen molar-refractivity contribution in [3.63, 3.8) is 0 Å². The van der Waals surface area contributed by atoms with Crippen LogP contribution in [0.3, 0.4) is 0 Å². The van der Waals surface area contributed by atoms with Crippen LogP contribution in [0.1, 0.15) is 42.5 Å². The zero-order valence-electron chi connectivity index (χ0n) is 14.6. The van der Waals surface area contributed by atoms with Crippen molar-refractivity contribution >= 4 is 22.6 Å². The summed E-state index contributed by atoms with van der Waals surface area (Å²) in [6.45, 7) is 4.10. The van der Waals surface area contributed by atoms with Gasteiger partial charge >= 0.3 is 0 Å². The zero-order valence-corrected chi connectivity index (χ0v) is 14.6. The van der Waals surface area contributed by atoms with Gasteiger partial charge in [-0.3, -0.25) is 14.9 Å². The van der Waals surface area contributed by atoms with Gasteiger partial charge in [0.05, 0.1) is 22.0 Å². The molecule has 0 aliphatic carbocycles. The molecule has 0 aliphatic heterocycles. The summed E-state index contributed by atoms with van der Waals surface area (Å²) in [4.78, 5) is 31.1. The molecule has 1 amide bonds. The summed E-state index contributed by atoms with van der Waals surface area (Å²) >= 11 is 0. The molecule has 26 heavy (non-hydrogen) atoms. The molecule has 0 aliphatic rings. The smallest absolute Gasteiger partial charge is 0.282 e. The van der Waals surface area contributed by atoms with E-state index in [1.807, 2.05) is 38.1 Å². The Morgan fingerprint density at radius 3 is 2.58 bits per heavy atom. The molecule has 1 heterocycles. The van der Waals surface area contributed by atoms with E-state index in [9.17, 15) is 14.9 Å². The van der Waals surface area contributed by atoms with E-state index in [2.05, 4.69) is 15.3 Å². The van der Waals surface area contributed by atoms with Crippen LogP contribution in [0, 0.1) is 16.0 Å². The summed E-state index contributed by atoms with van der Waals surface area (Å²) in [6.07, 6.45) is 0.659. The molecule has 0 radical (unpaired) electrons. The number of amides is 1. The molecule has 0 fully saturated rings. The number of benzene rings is 2. The molecule has 2 aromatic carbocycles. The van der Waals surface area contributed by atoms with E-state index in [4.69, 9.17) is 0 Å². The molecule has 0 bridgehead atoms. The molecule has 134 valence electrons. The second-order valence-electron chi connectivity index (χ2n) is 6.57. The van der Waals surface area contributed by atoms with Crippen LogP contribution in [0.15, 0.2) is 48.5 Å². The first-order chi connectivity index (χ1) is 12.5. The number of imidazole rings is 1. The highest BCUT2D eigenvalue weighted by atomic mass is 16.6. The molecule has 0 unspecified atom stereocenters. The normalized spacial score (nSPS) is 12.3. The van der Waals surface area contributed by atoms with Crippen LogP contribution in [0.2, 0.25) is 0 Å². The number of carbonyl (C=O) groups is 1. The average Bonchev–Trinajstić information content (AvgIpc) is 3.04. The zero-order chi connectivity index (χ0) is 18.7. The highest BCUT2D eigenvalue weighted by Crippen LogP contribution is 2.24. The van der Waals surface area contributed by atoms with Gasteiger partial charge in [0.25, 0.3) is 11.6 Å². The first-order valence-electron chi connectivity index (χ1n) is 8.44. The van der Waals surface area contributed by atoms with Crippen LogP contribution in [-0.2, 0) is 0 Å². The largest absolute Gasteiger partial charge is 0.342 e. The number of hydrogen-bond donors (Lipinski definition) is 2. The van der Waals surface area contributed by atoms with Crippen molar-refractivity contribution in [2.45, 2.75) is 26.3 Å². The number of hydrogen-bond acceptors (Lipinski definition) is 4. The molecular formula is C19H20N4O3. The summed E-state index contributed by atoms with van der Waals surface area (Å²) in [6, 6.07) is 13.2. The van der Waals surface area contributed by atoms with Gasteiger partial charge in [0.1, 0.15) is 11.4 Å². The Balaban J connectivity index is 1.91. The van der Waals surface area contributed by atoms with Crippen LogP contribution in [0.25, 0.3) is 11.0 Å². The van der Waals surface area contributed by atoms with Gasteiger partial charge in [-0.05, 0) is 30.5 Å². The fourth-order valence-corrected chi connectivity index (χ4v) is 2.91. The molecule has 0 spiro atoms. The van der Waals surface area contributed by atoms with Crippen LogP contribution < -0.4 is 5.32 Å². The van der Waals surface area contributed by atoms with E-state index in [0.717, 1.165) is 11.0 Å². The molecule has 0 saturated carbocycles. The minimum absolute atomic E-state index is 0.0439. The van der Waals surface area contributed by atoms with Crippen molar-refractivity contribution in [3.8, 4) is 0 Å². The standard InChI is InChI=1S/C19H20N4O3/c1-12(2)11-16(18-20-14-8-4-5-9-15(14)21-18)22-19(24)13-7-3-6-10-17(13)23(25)26/h3-10,12,16H,11H2,1-2H3,(H,20,21)(H,22,24)/t16-/m1/s1. The van der Waals surface area contributed by atoms with E-state index in [1.54, 1.807) is 12.1 Å². The van der Waals surface area contributed by atoms with Gasteiger partial charge in [-0.1, -0.05) is 38.1 Å². The average molecular weight is 352 g/mol. The van der Waals surface area contributed by atoms with E-state index >= 15 is 0 Å². The lowest BCUT2D eigenvalue weighted by Crippen LogP contribution is -2.30. The number of nitro groups is 1. The number of aromatic nitrogens is 2. The molecule has 2 N–H and O–H groups in total. The highest BCUT2D eigenvalue weighted by Gasteiger charge is 2.24. The highest BCUT2D eigenvalue weighted by molar-refractivity contribution is 5.98. The van der Waals surface area contributed by atoms with E-state index < -0.39 is 10.8 Å². The third-order valence-corrected chi connectivity index (χ3v) is 4.10. The van der Waals surface area contributed by atoms with E-state index in [1.165, 1.54) is 12.1 Å². The van der Waals surface area contributed by atoms with Crippen LogP contribution in [-0.4, -0.2) is 20.8 Å². The van der Waals surface area contributed by atoms with Gasteiger partial charge in [-0.25, -0.2) is 4.98 Å². The Hall–Kier alpha value is -3.22. The van der Waals surface area contributed by atoms with Crippen molar-refractivity contribution < 1.29 is 9.72 Å². The number of carbonyl (C=O) groups excluding carboxylic acids is 1. The number of nitro benzene ring substituents is 1. The Morgan fingerprint density at radius 2 is 1.88 bits per heavy atom. The Morgan fingerprint density at radius 1 is 1.19 bits per heavy atom. The maximum absolute atomic E-state index is 12.7. The predicted octanol–water partition coefficient (Wildman–Crippen LogP) is 3.99. The number of rotatable bonds is 6. The van der Waals surface area contributed by atoms with Crippen molar-refractivity contribution in [1.29, 1.82) is 0 Å². The predicted molar refractivity (Wildman–Crippen MR) is 98.9 cm³/mol. The first kappa shape index (κ1) is 17.6. The first-order valence-corrected chi connectivity index (χ1v) is 8.44. The van der Waals surface area contributed by atoms with Crippen molar-refractivity contribution in [1.82, 2.24) is 15.3 Å². The van der Waals surface area contributed by atoms with Crippen molar-refractivity contribution in [2.75, 3.05) is 0 Å². The molecule has 7 nitrogen and oxygen atoms in total. The molecule has 0 saturated heterocycles. The summed E-state index contributed by atoms with van der Waals surface area (Å²) < 4.78 is 0. The number of nitrogens with zero attached hydrogens (tertiary/aromatic N) is 2. The van der Waals surface area contributed by atoms with Crippen molar-refractivity contribution in [2.24, 2.45) is 5.92 Å². The van der Waals surface area contributed by atoms with Crippen LogP contribution >= 0.6 is 0 Å². The molecule has 7 heteroatoms. The topological polar surface area (TPSA) is 101 Å². The van der Waals surface area contributed by atoms with Gasteiger partial charge in [-0.2, -0.15) is 0 Å². The Kier molecular flexibility index (Phi) is 4.97. The molecular weight excluding hydrogens is 332 g/mol. The fourth-order valence-electron chi connectivity index (χ4n) is 2.91. The number of aromatic amines is 1. The number of nitrogens with one attached hydrogen (secondary N) is 2. The number of para-hydroxylation sites is 3. The van der Waals surface area contributed by atoms with Crippen LogP contribution in [0.4, 0.5) is 5.69 Å².